The summed E-state index contributed by atoms with van der Waals surface area (Å²) in [5.41, 5.74) is 9.32. The number of aromatic nitrogens is 3. The maximum atomic E-state index is 9.07. The van der Waals surface area contributed by atoms with E-state index in [1.807, 2.05) is 19.1 Å². The number of nitriles is 1. The number of benzene rings is 1. The Balaban J connectivity index is 2.44. The second-order valence-electron chi connectivity index (χ2n) is 4.76. The van der Waals surface area contributed by atoms with E-state index >= 15 is 0 Å². The molecule has 0 bridgehead atoms. The maximum Gasteiger partial charge on any atom is 0.235 e. The molecule has 2 heterocycles. The van der Waals surface area contributed by atoms with Crippen molar-refractivity contribution in [2.45, 2.75) is 13.5 Å². The molecule has 0 radical (unpaired) electrons. The van der Waals surface area contributed by atoms with E-state index in [4.69, 9.17) is 34.2 Å². The molecule has 2 aromatic heterocycles. The number of imidazole rings is 1. The van der Waals surface area contributed by atoms with Crippen LogP contribution in [0.3, 0.4) is 0 Å². The predicted molar refractivity (Wildman–Crippen MR) is 85.8 cm³/mol. The van der Waals surface area contributed by atoms with Gasteiger partial charge in [0.25, 0.3) is 0 Å². The highest BCUT2D eigenvalue weighted by molar-refractivity contribution is 6.36. The Morgan fingerprint density at radius 2 is 2.09 bits per heavy atom. The van der Waals surface area contributed by atoms with Crippen molar-refractivity contribution in [3.05, 3.63) is 51.4 Å². The summed E-state index contributed by atoms with van der Waals surface area (Å²) in [6, 6.07) is 7.27. The molecule has 22 heavy (non-hydrogen) atoms. The van der Waals surface area contributed by atoms with Gasteiger partial charge in [-0.25, -0.2) is 4.98 Å². The van der Waals surface area contributed by atoms with Crippen LogP contribution in [0, 0.1) is 18.3 Å². The number of fused-ring (bicyclic) bond motifs is 1. The predicted octanol–water partition coefficient (Wildman–Crippen LogP) is 3.34. The molecule has 0 unspecified atom stereocenters. The van der Waals surface area contributed by atoms with E-state index in [-0.39, 0.29) is 5.69 Å². The Morgan fingerprint density at radius 1 is 1.32 bits per heavy atom. The molecular formula is C15H11Cl2N5. The summed E-state index contributed by atoms with van der Waals surface area (Å²) in [5.74, 6) is 0.437. The van der Waals surface area contributed by atoms with E-state index in [1.54, 1.807) is 22.7 Å². The van der Waals surface area contributed by atoms with Crippen LogP contribution in [-0.2, 0) is 6.54 Å². The zero-order valence-electron chi connectivity index (χ0n) is 11.6. The molecule has 0 fully saturated rings. The van der Waals surface area contributed by atoms with Gasteiger partial charge in [-0.2, -0.15) is 10.2 Å². The van der Waals surface area contributed by atoms with Gasteiger partial charge in [0.15, 0.2) is 5.69 Å². The third-order valence-electron chi connectivity index (χ3n) is 3.42. The molecule has 0 spiro atoms. The van der Waals surface area contributed by atoms with Crippen molar-refractivity contribution in [2.75, 3.05) is 0 Å². The second kappa shape index (κ2) is 5.58. The summed E-state index contributed by atoms with van der Waals surface area (Å²) < 4.78 is 1.74. The van der Waals surface area contributed by atoms with E-state index in [1.165, 1.54) is 0 Å². The SMILES string of the molecule is Cc1nc2nc(C#N)cn2c(-c2ccc(Cl)cc2Cl)c1CN. The minimum atomic E-state index is 0.285. The standard InChI is InChI=1S/C15H11Cl2N5/c1-8-12(6-19)14(11-3-2-9(16)4-13(11)17)22-7-10(5-18)21-15(22)20-8/h2-4,7H,6,19H2,1H3. The van der Waals surface area contributed by atoms with Crippen LogP contribution in [-0.4, -0.2) is 14.4 Å². The molecule has 0 aliphatic heterocycles. The van der Waals surface area contributed by atoms with Gasteiger partial charge in [0.2, 0.25) is 5.78 Å². The van der Waals surface area contributed by atoms with Gasteiger partial charge in [0.1, 0.15) is 6.07 Å². The first-order chi connectivity index (χ1) is 10.5. The summed E-state index contributed by atoms with van der Waals surface area (Å²) in [6.45, 7) is 2.15. The zero-order chi connectivity index (χ0) is 15.9. The average Bonchev–Trinajstić information content (AvgIpc) is 2.89. The summed E-state index contributed by atoms with van der Waals surface area (Å²) in [7, 11) is 0. The lowest BCUT2D eigenvalue weighted by molar-refractivity contribution is 0.963. The number of aryl methyl sites for hydroxylation is 1. The van der Waals surface area contributed by atoms with Crippen molar-refractivity contribution < 1.29 is 0 Å². The van der Waals surface area contributed by atoms with Gasteiger partial charge in [0.05, 0.1) is 10.7 Å². The smallest absolute Gasteiger partial charge is 0.235 e. The van der Waals surface area contributed by atoms with E-state index in [2.05, 4.69) is 9.97 Å². The highest BCUT2D eigenvalue weighted by atomic mass is 35.5. The summed E-state index contributed by atoms with van der Waals surface area (Å²) in [6.07, 6.45) is 1.63. The van der Waals surface area contributed by atoms with Gasteiger partial charge >= 0.3 is 0 Å². The highest BCUT2D eigenvalue weighted by Gasteiger charge is 2.17. The van der Waals surface area contributed by atoms with Crippen molar-refractivity contribution >= 4 is 29.0 Å². The summed E-state index contributed by atoms with van der Waals surface area (Å²) in [4.78, 5) is 8.58. The van der Waals surface area contributed by atoms with Crippen LogP contribution < -0.4 is 5.73 Å². The molecule has 110 valence electrons. The van der Waals surface area contributed by atoms with Crippen molar-refractivity contribution in [1.82, 2.24) is 14.4 Å². The molecule has 3 rings (SSSR count). The van der Waals surface area contributed by atoms with Crippen molar-refractivity contribution in [1.29, 1.82) is 5.26 Å². The van der Waals surface area contributed by atoms with E-state index in [9.17, 15) is 0 Å². The second-order valence-corrected chi connectivity index (χ2v) is 5.60. The van der Waals surface area contributed by atoms with Crippen molar-refractivity contribution in [3.8, 4) is 17.3 Å². The fourth-order valence-electron chi connectivity index (χ4n) is 2.42. The molecule has 3 aromatic rings. The van der Waals surface area contributed by atoms with E-state index in [0.717, 1.165) is 22.5 Å². The molecule has 0 saturated heterocycles. The van der Waals surface area contributed by atoms with Crippen LogP contribution >= 0.6 is 23.2 Å². The van der Waals surface area contributed by atoms with Gasteiger partial charge in [0, 0.05) is 34.6 Å². The molecule has 1 aromatic carbocycles. The van der Waals surface area contributed by atoms with Crippen LogP contribution in [0.4, 0.5) is 0 Å². The summed E-state index contributed by atoms with van der Waals surface area (Å²) in [5, 5.41) is 10.1. The van der Waals surface area contributed by atoms with Crippen LogP contribution in [0.15, 0.2) is 24.4 Å². The number of hydrogen-bond acceptors (Lipinski definition) is 4. The largest absolute Gasteiger partial charge is 0.326 e. The first-order valence-electron chi connectivity index (χ1n) is 6.49. The quantitative estimate of drug-likeness (QED) is 0.780. The third-order valence-corrected chi connectivity index (χ3v) is 3.97. The fourth-order valence-corrected chi connectivity index (χ4v) is 2.92. The number of nitrogens with two attached hydrogens (primary N) is 1. The Hall–Kier alpha value is -2.13. The lowest BCUT2D eigenvalue weighted by Gasteiger charge is -2.14. The minimum absolute atomic E-state index is 0.285. The van der Waals surface area contributed by atoms with Crippen LogP contribution in [0.2, 0.25) is 10.0 Å². The Bertz CT molecular complexity index is 924. The van der Waals surface area contributed by atoms with Crippen LogP contribution in [0.1, 0.15) is 17.0 Å². The number of halogens is 2. The monoisotopic (exact) mass is 331 g/mol. The summed E-state index contributed by atoms with van der Waals surface area (Å²) >= 11 is 12.3. The zero-order valence-corrected chi connectivity index (χ0v) is 13.2. The Morgan fingerprint density at radius 3 is 2.73 bits per heavy atom. The lowest BCUT2D eigenvalue weighted by atomic mass is 10.0. The van der Waals surface area contributed by atoms with Crippen LogP contribution in [0.25, 0.3) is 17.0 Å². The minimum Gasteiger partial charge on any atom is -0.326 e. The molecule has 0 saturated carbocycles. The normalized spacial score (nSPS) is 10.9. The molecule has 0 aliphatic carbocycles. The van der Waals surface area contributed by atoms with Crippen LogP contribution in [0.5, 0.6) is 0 Å². The average molecular weight is 332 g/mol. The highest BCUT2D eigenvalue weighted by Crippen LogP contribution is 2.33. The Labute approximate surface area is 136 Å². The Kier molecular flexibility index (Phi) is 3.75. The van der Waals surface area contributed by atoms with Gasteiger partial charge in [-0.05, 0) is 25.1 Å². The molecule has 7 heteroatoms. The van der Waals surface area contributed by atoms with Gasteiger partial charge in [-0.3, -0.25) is 4.40 Å². The van der Waals surface area contributed by atoms with Gasteiger partial charge in [-0.1, -0.05) is 23.2 Å². The fraction of sp³-hybridized carbons (Fsp3) is 0.133. The first kappa shape index (κ1) is 14.8. The third kappa shape index (κ3) is 2.32. The van der Waals surface area contributed by atoms with E-state index in [0.29, 0.717) is 22.4 Å². The van der Waals surface area contributed by atoms with Gasteiger partial charge in [-0.15, -0.1) is 0 Å². The molecule has 0 atom stereocenters. The van der Waals surface area contributed by atoms with Crippen molar-refractivity contribution in [3.63, 3.8) is 0 Å². The maximum absolute atomic E-state index is 9.07. The molecule has 5 nitrogen and oxygen atoms in total. The molecule has 0 amide bonds. The van der Waals surface area contributed by atoms with Crippen molar-refractivity contribution in [2.24, 2.45) is 5.73 Å². The van der Waals surface area contributed by atoms with E-state index < -0.39 is 0 Å². The lowest BCUT2D eigenvalue weighted by Crippen LogP contribution is -2.08. The number of nitrogens with zero attached hydrogens (tertiary/aromatic N) is 4. The molecule has 0 aliphatic rings. The number of hydrogen-bond donors (Lipinski definition) is 1. The van der Waals surface area contributed by atoms with Gasteiger partial charge < -0.3 is 5.73 Å². The first-order valence-corrected chi connectivity index (χ1v) is 7.25. The topological polar surface area (TPSA) is 80.0 Å². The molecular weight excluding hydrogens is 321 g/mol. The number of rotatable bonds is 2. The molecule has 2 N–H and O–H groups in total.